The molecular formula is C26H25N5O3S. The van der Waals surface area contributed by atoms with Crippen LogP contribution in [0.2, 0.25) is 0 Å². The van der Waals surface area contributed by atoms with E-state index in [1.54, 1.807) is 7.11 Å². The third-order valence-electron chi connectivity index (χ3n) is 5.29. The number of nitrogens with zero attached hydrogens (tertiary/aromatic N) is 2. The van der Waals surface area contributed by atoms with Crippen LogP contribution in [-0.4, -0.2) is 35.3 Å². The van der Waals surface area contributed by atoms with Gasteiger partial charge in [-0.25, -0.2) is 4.79 Å². The summed E-state index contributed by atoms with van der Waals surface area (Å²) in [7, 11) is 1.61. The molecular weight excluding hydrogens is 462 g/mol. The average molecular weight is 488 g/mol. The Kier molecular flexibility index (Phi) is 7.69. The number of carbonyl (C=O) groups excluding carboxylic acids is 2. The van der Waals surface area contributed by atoms with Crippen LogP contribution in [0, 0.1) is 6.92 Å². The van der Waals surface area contributed by atoms with Crippen LogP contribution in [0.25, 0.3) is 10.6 Å². The van der Waals surface area contributed by atoms with Gasteiger partial charge in [0.05, 0.1) is 7.11 Å². The van der Waals surface area contributed by atoms with Crippen LogP contribution in [-0.2, 0) is 11.2 Å². The van der Waals surface area contributed by atoms with Crippen molar-refractivity contribution in [1.82, 2.24) is 15.5 Å². The molecule has 0 aliphatic rings. The maximum atomic E-state index is 13.2. The number of rotatable bonds is 8. The Hall–Kier alpha value is -4.24. The van der Waals surface area contributed by atoms with Crippen molar-refractivity contribution < 1.29 is 14.3 Å². The summed E-state index contributed by atoms with van der Waals surface area (Å²) in [4.78, 5) is 25.9. The predicted molar refractivity (Wildman–Crippen MR) is 138 cm³/mol. The molecule has 0 bridgehead atoms. The molecule has 3 N–H and O–H groups in total. The van der Waals surface area contributed by atoms with Crippen molar-refractivity contribution in [2.24, 2.45) is 0 Å². The van der Waals surface area contributed by atoms with Gasteiger partial charge >= 0.3 is 6.03 Å². The minimum absolute atomic E-state index is 0.317. The van der Waals surface area contributed by atoms with Crippen LogP contribution < -0.4 is 20.7 Å². The third-order valence-corrected chi connectivity index (χ3v) is 6.18. The third kappa shape index (κ3) is 6.42. The van der Waals surface area contributed by atoms with E-state index in [-0.39, 0.29) is 5.91 Å². The zero-order chi connectivity index (χ0) is 24.6. The second kappa shape index (κ2) is 11.3. The summed E-state index contributed by atoms with van der Waals surface area (Å²) in [6.07, 6.45) is 0.317. The molecule has 1 aromatic heterocycles. The average Bonchev–Trinajstić information content (AvgIpc) is 3.34. The lowest BCUT2D eigenvalue weighted by molar-refractivity contribution is -0.117. The number of hydrogen-bond acceptors (Lipinski definition) is 6. The van der Waals surface area contributed by atoms with Gasteiger partial charge in [-0.05, 0) is 48.4 Å². The minimum atomic E-state index is -0.824. The highest BCUT2D eigenvalue weighted by atomic mass is 32.1. The first-order valence-electron chi connectivity index (χ1n) is 11.0. The van der Waals surface area contributed by atoms with Gasteiger partial charge in [0, 0.05) is 17.7 Å². The second-order valence-electron chi connectivity index (χ2n) is 7.79. The van der Waals surface area contributed by atoms with Crippen molar-refractivity contribution in [3.05, 3.63) is 90.0 Å². The number of carbonyl (C=O) groups is 2. The van der Waals surface area contributed by atoms with Crippen molar-refractivity contribution in [2.75, 3.05) is 17.7 Å². The number of amides is 3. The second-order valence-corrected chi connectivity index (χ2v) is 8.76. The molecule has 9 heteroatoms. The van der Waals surface area contributed by atoms with Crippen molar-refractivity contribution in [1.29, 1.82) is 0 Å². The van der Waals surface area contributed by atoms with Crippen LogP contribution >= 0.6 is 11.3 Å². The van der Waals surface area contributed by atoms with E-state index < -0.39 is 12.1 Å². The molecule has 0 aliphatic carbocycles. The molecule has 1 unspecified atom stereocenters. The highest BCUT2D eigenvalue weighted by Crippen LogP contribution is 2.28. The number of anilines is 2. The zero-order valence-electron chi connectivity index (χ0n) is 19.3. The molecule has 0 spiro atoms. The maximum Gasteiger partial charge on any atom is 0.319 e. The minimum Gasteiger partial charge on any atom is -0.497 e. The quantitative estimate of drug-likeness (QED) is 0.328. The van der Waals surface area contributed by atoms with E-state index in [2.05, 4.69) is 26.1 Å². The van der Waals surface area contributed by atoms with Gasteiger partial charge in [-0.15, -0.1) is 10.2 Å². The molecule has 1 atom stereocenters. The molecule has 8 nitrogen and oxygen atoms in total. The normalized spacial score (nSPS) is 11.4. The summed E-state index contributed by atoms with van der Waals surface area (Å²) in [6.45, 7) is 1.90. The van der Waals surface area contributed by atoms with E-state index >= 15 is 0 Å². The van der Waals surface area contributed by atoms with E-state index in [9.17, 15) is 9.59 Å². The van der Waals surface area contributed by atoms with E-state index in [1.165, 1.54) is 11.3 Å². The molecule has 0 saturated heterocycles. The van der Waals surface area contributed by atoms with Crippen molar-refractivity contribution >= 4 is 34.1 Å². The molecule has 4 rings (SSSR count). The summed E-state index contributed by atoms with van der Waals surface area (Å²) in [5.74, 6) is 0.358. The summed E-state index contributed by atoms with van der Waals surface area (Å²) in [5.41, 5.74) is 3.38. The van der Waals surface area contributed by atoms with Gasteiger partial charge in [0.25, 0.3) is 0 Å². The molecule has 3 amide bonds. The standard InChI is InChI=1S/C26H25N5O3S/c1-17-8-6-7-11-21(17)27-25(33)28-22(16-18-9-4-3-5-10-18)23(32)29-26-31-30-24(35-26)19-12-14-20(34-2)15-13-19/h3-15,22H,16H2,1-2H3,(H2,27,28,33)(H,29,31,32). The molecule has 1 heterocycles. The largest absolute Gasteiger partial charge is 0.497 e. The fourth-order valence-electron chi connectivity index (χ4n) is 3.41. The van der Waals surface area contributed by atoms with E-state index in [1.807, 2.05) is 85.8 Å². The molecule has 178 valence electrons. The number of para-hydroxylation sites is 1. The smallest absolute Gasteiger partial charge is 0.319 e. The summed E-state index contributed by atoms with van der Waals surface area (Å²) < 4.78 is 5.18. The molecule has 35 heavy (non-hydrogen) atoms. The van der Waals surface area contributed by atoms with Gasteiger partial charge < -0.3 is 15.4 Å². The molecule has 0 saturated carbocycles. The van der Waals surface area contributed by atoms with Gasteiger partial charge in [-0.3, -0.25) is 10.1 Å². The highest BCUT2D eigenvalue weighted by Gasteiger charge is 2.23. The SMILES string of the molecule is COc1ccc(-c2nnc(NC(=O)C(Cc3ccccc3)NC(=O)Nc3ccccc3C)s2)cc1. The monoisotopic (exact) mass is 487 g/mol. The lowest BCUT2D eigenvalue weighted by Crippen LogP contribution is -2.47. The lowest BCUT2D eigenvalue weighted by Gasteiger charge is -2.18. The van der Waals surface area contributed by atoms with Crippen LogP contribution in [0.3, 0.4) is 0 Å². The van der Waals surface area contributed by atoms with Crippen molar-refractivity contribution in [3.8, 4) is 16.3 Å². The number of hydrogen-bond donors (Lipinski definition) is 3. The Bertz CT molecular complexity index is 1290. The Morgan fingerprint density at radius 2 is 1.63 bits per heavy atom. The first-order chi connectivity index (χ1) is 17.0. The molecule has 0 aliphatic heterocycles. The van der Waals surface area contributed by atoms with Gasteiger partial charge in [-0.2, -0.15) is 0 Å². The lowest BCUT2D eigenvalue weighted by atomic mass is 10.1. The number of urea groups is 1. The number of benzene rings is 3. The predicted octanol–water partition coefficient (Wildman–Crippen LogP) is 4.89. The van der Waals surface area contributed by atoms with Crippen LogP contribution in [0.4, 0.5) is 15.6 Å². The van der Waals surface area contributed by atoms with Gasteiger partial charge in [0.15, 0.2) is 0 Å². The summed E-state index contributed by atoms with van der Waals surface area (Å²) in [5, 5.41) is 17.7. The van der Waals surface area contributed by atoms with E-state index in [0.717, 1.165) is 22.4 Å². The molecule has 3 aromatic carbocycles. The van der Waals surface area contributed by atoms with Crippen molar-refractivity contribution in [2.45, 2.75) is 19.4 Å². The Labute approximate surface area is 207 Å². The Morgan fingerprint density at radius 3 is 2.34 bits per heavy atom. The van der Waals surface area contributed by atoms with Gasteiger partial charge in [-0.1, -0.05) is 59.9 Å². The fraction of sp³-hybridized carbons (Fsp3) is 0.154. The van der Waals surface area contributed by atoms with Crippen LogP contribution in [0.15, 0.2) is 78.9 Å². The van der Waals surface area contributed by atoms with Gasteiger partial charge in [0.2, 0.25) is 11.0 Å². The van der Waals surface area contributed by atoms with E-state index in [4.69, 9.17) is 4.74 Å². The fourth-order valence-corrected chi connectivity index (χ4v) is 4.16. The number of methoxy groups -OCH3 is 1. The molecule has 0 radical (unpaired) electrons. The number of aromatic nitrogens is 2. The first-order valence-corrected chi connectivity index (χ1v) is 11.8. The maximum absolute atomic E-state index is 13.2. The topological polar surface area (TPSA) is 105 Å². The van der Waals surface area contributed by atoms with Crippen molar-refractivity contribution in [3.63, 3.8) is 0 Å². The van der Waals surface area contributed by atoms with Gasteiger partial charge in [0.1, 0.15) is 16.8 Å². The van der Waals surface area contributed by atoms with Crippen LogP contribution in [0.5, 0.6) is 5.75 Å². The summed E-state index contributed by atoms with van der Waals surface area (Å²) >= 11 is 1.25. The zero-order valence-corrected chi connectivity index (χ0v) is 20.1. The molecule has 0 fully saturated rings. The number of nitrogens with one attached hydrogen (secondary N) is 3. The number of aryl methyl sites for hydroxylation is 1. The Balaban J connectivity index is 1.47. The summed E-state index contributed by atoms with van der Waals surface area (Å²) in [6, 6.07) is 23.1. The Morgan fingerprint density at radius 1 is 0.914 bits per heavy atom. The number of ether oxygens (including phenoxy) is 1. The van der Waals surface area contributed by atoms with Crippen LogP contribution in [0.1, 0.15) is 11.1 Å². The van der Waals surface area contributed by atoms with E-state index in [0.29, 0.717) is 22.2 Å². The molecule has 4 aromatic rings. The highest BCUT2D eigenvalue weighted by molar-refractivity contribution is 7.18. The first kappa shape index (κ1) is 23.9.